The lowest BCUT2D eigenvalue weighted by Crippen LogP contribution is -2.58. The molecular formula is C9H16O5. The van der Waals surface area contributed by atoms with E-state index in [4.69, 9.17) is 18.9 Å². The third-order valence-corrected chi connectivity index (χ3v) is 2.78. The van der Waals surface area contributed by atoms with Crippen molar-refractivity contribution in [2.45, 2.75) is 24.4 Å². The third-order valence-electron chi connectivity index (χ3n) is 2.78. The second-order valence-corrected chi connectivity index (χ2v) is 3.11. The highest BCUT2D eigenvalue weighted by molar-refractivity contribution is 5.89. The zero-order valence-corrected chi connectivity index (χ0v) is 8.96. The molecule has 1 aliphatic rings. The van der Waals surface area contributed by atoms with Gasteiger partial charge in [-0.25, -0.2) is 0 Å². The maximum atomic E-state index is 11.7. The summed E-state index contributed by atoms with van der Waals surface area (Å²) in [7, 11) is 5.74. The van der Waals surface area contributed by atoms with E-state index in [9.17, 15) is 4.79 Å². The number of carbonyl (C=O) groups is 1. The van der Waals surface area contributed by atoms with Crippen molar-refractivity contribution in [1.82, 2.24) is 0 Å². The van der Waals surface area contributed by atoms with E-state index in [1.54, 1.807) is 0 Å². The van der Waals surface area contributed by atoms with E-state index in [-0.39, 0.29) is 5.78 Å². The fourth-order valence-corrected chi connectivity index (χ4v) is 2.00. The largest absolute Gasteiger partial charge is 0.348 e. The first-order valence-corrected chi connectivity index (χ1v) is 4.36. The van der Waals surface area contributed by atoms with Gasteiger partial charge in [0.1, 0.15) is 0 Å². The Hall–Kier alpha value is -0.490. The molecule has 0 unspecified atom stereocenters. The Morgan fingerprint density at radius 1 is 1.00 bits per heavy atom. The molecule has 0 radical (unpaired) electrons. The Morgan fingerprint density at radius 2 is 1.50 bits per heavy atom. The molecule has 0 bridgehead atoms. The molecule has 0 saturated heterocycles. The molecule has 1 saturated carbocycles. The summed E-state index contributed by atoms with van der Waals surface area (Å²) >= 11 is 0. The molecule has 14 heavy (non-hydrogen) atoms. The van der Waals surface area contributed by atoms with Crippen molar-refractivity contribution in [3.05, 3.63) is 0 Å². The highest BCUT2D eigenvalue weighted by Gasteiger charge is 2.64. The van der Waals surface area contributed by atoms with Crippen molar-refractivity contribution in [1.29, 1.82) is 0 Å². The summed E-state index contributed by atoms with van der Waals surface area (Å²) in [6.45, 7) is 0. The Labute approximate surface area is 83.3 Å². The van der Waals surface area contributed by atoms with Gasteiger partial charge in [0, 0.05) is 41.3 Å². The SMILES string of the molecule is COC1(OC)CCC(=O)C1(OC)OC. The van der Waals surface area contributed by atoms with Gasteiger partial charge >= 0.3 is 0 Å². The van der Waals surface area contributed by atoms with Gasteiger partial charge < -0.3 is 18.9 Å². The van der Waals surface area contributed by atoms with Crippen molar-refractivity contribution >= 4 is 5.78 Å². The standard InChI is InChI=1S/C9H16O5/c1-11-8(12-2)6-5-7(10)9(8,13-3)14-4/h5-6H2,1-4H3. The van der Waals surface area contributed by atoms with Crippen molar-refractivity contribution in [3.8, 4) is 0 Å². The lowest BCUT2D eigenvalue weighted by molar-refractivity contribution is -0.357. The molecule has 82 valence electrons. The first-order valence-electron chi connectivity index (χ1n) is 4.36. The summed E-state index contributed by atoms with van der Waals surface area (Å²) in [4.78, 5) is 11.7. The number of rotatable bonds is 4. The molecule has 0 spiro atoms. The van der Waals surface area contributed by atoms with Crippen LogP contribution in [0.5, 0.6) is 0 Å². The molecule has 0 amide bonds. The van der Waals surface area contributed by atoms with Gasteiger partial charge in [-0.2, -0.15) is 0 Å². The number of carbonyl (C=O) groups excluding carboxylic acids is 1. The fraction of sp³-hybridized carbons (Fsp3) is 0.889. The van der Waals surface area contributed by atoms with Gasteiger partial charge in [-0.05, 0) is 0 Å². The van der Waals surface area contributed by atoms with E-state index in [1.807, 2.05) is 0 Å². The van der Waals surface area contributed by atoms with Gasteiger partial charge in [-0.3, -0.25) is 4.79 Å². The number of ether oxygens (including phenoxy) is 4. The van der Waals surface area contributed by atoms with Crippen molar-refractivity contribution in [2.75, 3.05) is 28.4 Å². The molecule has 5 heteroatoms. The van der Waals surface area contributed by atoms with Gasteiger partial charge in [0.25, 0.3) is 5.79 Å². The normalized spacial score (nSPS) is 24.1. The predicted molar refractivity (Wildman–Crippen MR) is 47.7 cm³/mol. The summed E-state index contributed by atoms with van der Waals surface area (Å²) in [6, 6.07) is 0. The molecular weight excluding hydrogens is 188 g/mol. The molecule has 5 nitrogen and oxygen atoms in total. The van der Waals surface area contributed by atoms with Crippen LogP contribution >= 0.6 is 0 Å². The Morgan fingerprint density at radius 3 is 1.79 bits per heavy atom. The number of Topliss-reactive ketones (excluding diaryl/α,β-unsaturated/α-hetero) is 1. The van der Waals surface area contributed by atoms with Gasteiger partial charge in [0.15, 0.2) is 5.78 Å². The smallest absolute Gasteiger partial charge is 0.284 e. The van der Waals surface area contributed by atoms with Gasteiger partial charge in [-0.1, -0.05) is 0 Å². The highest BCUT2D eigenvalue weighted by atomic mass is 16.8. The molecule has 0 aromatic heterocycles. The van der Waals surface area contributed by atoms with Crippen LogP contribution in [0.3, 0.4) is 0 Å². The van der Waals surface area contributed by atoms with Gasteiger partial charge in [-0.15, -0.1) is 0 Å². The maximum absolute atomic E-state index is 11.7. The summed E-state index contributed by atoms with van der Waals surface area (Å²) in [6.07, 6.45) is 0.754. The second kappa shape index (κ2) is 3.94. The lowest BCUT2D eigenvalue weighted by atomic mass is 10.1. The van der Waals surface area contributed by atoms with Crippen LogP contribution in [0.2, 0.25) is 0 Å². The van der Waals surface area contributed by atoms with Crippen LogP contribution < -0.4 is 0 Å². The van der Waals surface area contributed by atoms with Gasteiger partial charge in [0.2, 0.25) is 5.79 Å². The molecule has 1 fully saturated rings. The molecule has 0 heterocycles. The molecule has 1 aliphatic carbocycles. The van der Waals surface area contributed by atoms with E-state index in [2.05, 4.69) is 0 Å². The predicted octanol–water partition coefficient (Wildman–Crippen LogP) is 0.327. The molecule has 0 aliphatic heterocycles. The first-order chi connectivity index (χ1) is 6.62. The molecule has 0 N–H and O–H groups in total. The van der Waals surface area contributed by atoms with Crippen LogP contribution in [0.1, 0.15) is 12.8 Å². The molecule has 0 atom stereocenters. The summed E-state index contributed by atoms with van der Waals surface area (Å²) in [5, 5.41) is 0. The van der Waals surface area contributed by atoms with Crippen LogP contribution in [-0.2, 0) is 23.7 Å². The average molecular weight is 204 g/mol. The van der Waals surface area contributed by atoms with Crippen molar-refractivity contribution in [3.63, 3.8) is 0 Å². The number of hydrogen-bond donors (Lipinski definition) is 0. The van der Waals surface area contributed by atoms with Crippen LogP contribution in [-0.4, -0.2) is 45.8 Å². The summed E-state index contributed by atoms with van der Waals surface area (Å²) < 4.78 is 20.7. The van der Waals surface area contributed by atoms with Crippen molar-refractivity contribution < 1.29 is 23.7 Å². The van der Waals surface area contributed by atoms with E-state index < -0.39 is 11.6 Å². The minimum atomic E-state index is -1.43. The maximum Gasteiger partial charge on any atom is 0.284 e. The summed E-state index contributed by atoms with van der Waals surface area (Å²) in [5.74, 6) is -2.73. The highest BCUT2D eigenvalue weighted by Crippen LogP contribution is 2.42. The van der Waals surface area contributed by atoms with E-state index in [0.717, 1.165) is 0 Å². The Kier molecular flexibility index (Phi) is 3.26. The van der Waals surface area contributed by atoms with E-state index in [1.165, 1.54) is 28.4 Å². The summed E-state index contributed by atoms with van der Waals surface area (Å²) in [5.41, 5.74) is 0. The lowest BCUT2D eigenvalue weighted by Gasteiger charge is -2.39. The van der Waals surface area contributed by atoms with Crippen LogP contribution in [0.4, 0.5) is 0 Å². The van der Waals surface area contributed by atoms with Crippen molar-refractivity contribution in [2.24, 2.45) is 0 Å². The zero-order valence-electron chi connectivity index (χ0n) is 8.96. The Bertz CT molecular complexity index is 217. The minimum absolute atomic E-state index is 0.161. The monoisotopic (exact) mass is 204 g/mol. The topological polar surface area (TPSA) is 54.0 Å². The minimum Gasteiger partial charge on any atom is -0.348 e. The third kappa shape index (κ3) is 1.20. The average Bonchev–Trinajstić information content (AvgIpc) is 2.52. The number of hydrogen-bond acceptors (Lipinski definition) is 5. The van der Waals surface area contributed by atoms with E-state index in [0.29, 0.717) is 12.8 Å². The molecule has 0 aromatic carbocycles. The van der Waals surface area contributed by atoms with Crippen LogP contribution in [0.25, 0.3) is 0 Å². The molecule has 0 aromatic rings. The second-order valence-electron chi connectivity index (χ2n) is 3.11. The van der Waals surface area contributed by atoms with Crippen LogP contribution in [0.15, 0.2) is 0 Å². The quantitative estimate of drug-likeness (QED) is 0.617. The van der Waals surface area contributed by atoms with E-state index >= 15 is 0 Å². The number of ketones is 1. The van der Waals surface area contributed by atoms with Gasteiger partial charge in [0.05, 0.1) is 0 Å². The fourth-order valence-electron chi connectivity index (χ4n) is 2.00. The number of methoxy groups -OCH3 is 4. The molecule has 1 rings (SSSR count). The Balaban J connectivity index is 3.12. The first kappa shape index (κ1) is 11.6. The zero-order chi connectivity index (χ0) is 10.8. The van der Waals surface area contributed by atoms with Crippen LogP contribution in [0, 0.1) is 0 Å².